The number of piperidine rings is 1. The molecule has 2 aliphatic rings. The van der Waals surface area contributed by atoms with E-state index < -0.39 is 0 Å². The van der Waals surface area contributed by atoms with Crippen LogP contribution < -0.4 is 5.32 Å². The van der Waals surface area contributed by atoms with Crippen LogP contribution in [0, 0.1) is 0 Å². The molecular formula is C24H26BrN3O. The van der Waals surface area contributed by atoms with Crippen molar-refractivity contribution < 1.29 is 5.11 Å². The van der Waals surface area contributed by atoms with Gasteiger partial charge in [0.1, 0.15) is 0 Å². The smallest absolute Gasteiger partial charge is 0.0908 e. The second kappa shape index (κ2) is 7.63. The number of rotatable bonds is 4. The summed E-state index contributed by atoms with van der Waals surface area (Å²) in [7, 11) is 0. The molecule has 2 aliphatic heterocycles. The van der Waals surface area contributed by atoms with E-state index in [2.05, 4.69) is 85.4 Å². The van der Waals surface area contributed by atoms with Crippen molar-refractivity contribution in [3.8, 4) is 5.69 Å². The molecular weight excluding hydrogens is 426 g/mol. The van der Waals surface area contributed by atoms with Gasteiger partial charge in [-0.1, -0.05) is 40.2 Å². The molecule has 5 rings (SSSR count). The Hall–Kier alpha value is -2.08. The monoisotopic (exact) mass is 451 g/mol. The molecule has 0 unspecified atom stereocenters. The maximum absolute atomic E-state index is 10.7. The van der Waals surface area contributed by atoms with E-state index in [9.17, 15) is 5.11 Å². The summed E-state index contributed by atoms with van der Waals surface area (Å²) < 4.78 is 3.40. The van der Waals surface area contributed by atoms with E-state index in [4.69, 9.17) is 0 Å². The third-order valence-electron chi connectivity index (χ3n) is 6.20. The molecule has 2 atom stereocenters. The number of hydrogen-bond acceptors (Lipinski definition) is 3. The van der Waals surface area contributed by atoms with Crippen molar-refractivity contribution in [1.82, 2.24) is 9.47 Å². The third-order valence-corrected chi connectivity index (χ3v) is 6.73. The molecule has 2 aromatic carbocycles. The van der Waals surface area contributed by atoms with Gasteiger partial charge >= 0.3 is 0 Å². The van der Waals surface area contributed by atoms with Gasteiger partial charge in [0, 0.05) is 29.5 Å². The minimum Gasteiger partial charge on any atom is -0.391 e. The van der Waals surface area contributed by atoms with Crippen LogP contribution >= 0.6 is 15.9 Å². The molecule has 3 heterocycles. The van der Waals surface area contributed by atoms with E-state index in [1.54, 1.807) is 0 Å². The maximum atomic E-state index is 10.7. The minimum absolute atomic E-state index is 0.104. The number of aliphatic hydroxyl groups is 1. The van der Waals surface area contributed by atoms with Crippen molar-refractivity contribution in [1.29, 1.82) is 0 Å². The number of nitrogens with zero attached hydrogens (tertiary/aromatic N) is 2. The minimum atomic E-state index is -0.367. The largest absolute Gasteiger partial charge is 0.391 e. The highest BCUT2D eigenvalue weighted by Gasteiger charge is 2.42. The van der Waals surface area contributed by atoms with Crippen molar-refractivity contribution in [3.05, 3.63) is 82.6 Å². The Morgan fingerprint density at radius 3 is 2.76 bits per heavy atom. The molecule has 1 aromatic heterocycles. The third kappa shape index (κ3) is 3.63. The molecule has 0 saturated carbocycles. The molecule has 0 amide bonds. The number of benzene rings is 2. The Balaban J connectivity index is 1.34. The van der Waals surface area contributed by atoms with Crippen LogP contribution in [0.1, 0.15) is 24.1 Å². The van der Waals surface area contributed by atoms with Gasteiger partial charge in [-0.25, -0.2) is 0 Å². The van der Waals surface area contributed by atoms with Gasteiger partial charge in [0.05, 0.1) is 23.0 Å². The maximum Gasteiger partial charge on any atom is 0.0908 e. The number of aromatic nitrogens is 1. The first-order valence-corrected chi connectivity index (χ1v) is 11.1. The van der Waals surface area contributed by atoms with Gasteiger partial charge in [-0.2, -0.15) is 0 Å². The number of aliphatic hydroxyl groups excluding tert-OH is 1. The number of anilines is 1. The molecule has 1 fully saturated rings. The summed E-state index contributed by atoms with van der Waals surface area (Å²) in [5, 5.41) is 14.6. The average molecular weight is 452 g/mol. The van der Waals surface area contributed by atoms with E-state index in [0.29, 0.717) is 13.0 Å². The molecule has 0 radical (unpaired) electrons. The van der Waals surface area contributed by atoms with Crippen LogP contribution in [0.4, 0.5) is 5.69 Å². The summed E-state index contributed by atoms with van der Waals surface area (Å²) in [6.07, 6.45) is 4.70. The highest BCUT2D eigenvalue weighted by Crippen LogP contribution is 2.42. The van der Waals surface area contributed by atoms with Crippen molar-refractivity contribution >= 4 is 21.6 Å². The Labute approximate surface area is 180 Å². The van der Waals surface area contributed by atoms with Gasteiger partial charge in [0.15, 0.2) is 0 Å². The first kappa shape index (κ1) is 18.9. The molecule has 1 saturated heterocycles. The number of β-amino-alcohol motifs (C(OH)–C–C–N with tert-alkyl or cyclic N) is 1. The number of nitrogens with one attached hydrogen (secondary N) is 1. The van der Waals surface area contributed by atoms with Gasteiger partial charge in [-0.15, -0.1) is 0 Å². The fraction of sp³-hybridized carbons (Fsp3) is 0.333. The molecule has 150 valence electrons. The molecule has 5 heteroatoms. The Kier molecular flexibility index (Phi) is 4.98. The Morgan fingerprint density at radius 1 is 1.07 bits per heavy atom. The zero-order valence-corrected chi connectivity index (χ0v) is 18.0. The molecule has 4 nitrogen and oxygen atoms in total. The lowest BCUT2D eigenvalue weighted by molar-refractivity contribution is 0.0782. The molecule has 1 spiro atoms. The lowest BCUT2D eigenvalue weighted by Crippen LogP contribution is -2.54. The zero-order valence-electron chi connectivity index (χ0n) is 16.4. The van der Waals surface area contributed by atoms with E-state index in [0.717, 1.165) is 30.4 Å². The van der Waals surface area contributed by atoms with Crippen molar-refractivity contribution in [2.45, 2.75) is 30.9 Å². The molecule has 0 aliphatic carbocycles. The number of likely N-dealkylation sites (tertiary alicyclic amines) is 1. The normalized spacial score (nSPS) is 22.0. The van der Waals surface area contributed by atoms with Crippen molar-refractivity contribution in [2.75, 3.05) is 25.0 Å². The lowest BCUT2D eigenvalue weighted by Gasteiger charge is -2.47. The average Bonchev–Trinajstić information content (AvgIpc) is 3.21. The molecule has 29 heavy (non-hydrogen) atoms. The van der Waals surface area contributed by atoms with Gasteiger partial charge in [-0.3, -0.25) is 4.90 Å². The van der Waals surface area contributed by atoms with Gasteiger partial charge in [0.25, 0.3) is 0 Å². The lowest BCUT2D eigenvalue weighted by atomic mass is 9.83. The fourth-order valence-corrected chi connectivity index (χ4v) is 5.22. The second-order valence-corrected chi connectivity index (χ2v) is 9.23. The Bertz CT molecular complexity index is 999. The zero-order chi connectivity index (χ0) is 19.8. The summed E-state index contributed by atoms with van der Waals surface area (Å²) in [4.78, 5) is 2.42. The van der Waals surface area contributed by atoms with Crippen LogP contribution in [-0.2, 0) is 12.0 Å². The van der Waals surface area contributed by atoms with Crippen molar-refractivity contribution in [3.63, 3.8) is 0 Å². The van der Waals surface area contributed by atoms with E-state index in [1.807, 2.05) is 12.1 Å². The fourth-order valence-electron chi connectivity index (χ4n) is 4.96. The summed E-state index contributed by atoms with van der Waals surface area (Å²) in [5.41, 5.74) is 4.79. The standard InChI is InChI=1S/C24H26BrN3O/c25-19-10-8-18(9-11-19)15-20(29)16-27-13-4-12-24(17-27)23-7-3-14-28(23)22-6-2-1-5-21(22)26-24/h1-3,5-11,14,20,26,29H,4,12-13,15-17H2/t20-,24-/m1/s1. The van der Waals surface area contributed by atoms with Crippen LogP contribution in [-0.4, -0.2) is 40.3 Å². The quantitative estimate of drug-likeness (QED) is 0.610. The van der Waals surface area contributed by atoms with Gasteiger partial charge in [0.2, 0.25) is 0 Å². The summed E-state index contributed by atoms with van der Waals surface area (Å²) in [6, 6.07) is 21.1. The SMILES string of the molecule is O[C@H](Cc1ccc(Br)cc1)CN1CCC[C@]2(C1)Nc1ccccc1-n1cccc12. The van der Waals surface area contributed by atoms with Crippen LogP contribution in [0.25, 0.3) is 5.69 Å². The first-order chi connectivity index (χ1) is 14.1. The summed E-state index contributed by atoms with van der Waals surface area (Å²) >= 11 is 3.47. The predicted molar refractivity (Wildman–Crippen MR) is 121 cm³/mol. The van der Waals surface area contributed by atoms with E-state index in [-0.39, 0.29) is 11.6 Å². The first-order valence-electron chi connectivity index (χ1n) is 10.3. The Morgan fingerprint density at radius 2 is 1.90 bits per heavy atom. The van der Waals surface area contributed by atoms with Gasteiger partial charge < -0.3 is 15.0 Å². The van der Waals surface area contributed by atoms with Crippen LogP contribution in [0.3, 0.4) is 0 Å². The molecule has 2 N–H and O–H groups in total. The van der Waals surface area contributed by atoms with Crippen LogP contribution in [0.15, 0.2) is 71.3 Å². The number of halogens is 1. The van der Waals surface area contributed by atoms with Crippen LogP contribution in [0.5, 0.6) is 0 Å². The molecule has 3 aromatic rings. The summed E-state index contributed by atoms with van der Waals surface area (Å²) in [5.74, 6) is 0. The topological polar surface area (TPSA) is 40.4 Å². The van der Waals surface area contributed by atoms with E-state index >= 15 is 0 Å². The molecule has 0 bridgehead atoms. The highest BCUT2D eigenvalue weighted by molar-refractivity contribution is 9.10. The number of para-hydroxylation sites is 2. The van der Waals surface area contributed by atoms with Crippen LogP contribution in [0.2, 0.25) is 0 Å². The number of hydrogen-bond donors (Lipinski definition) is 2. The van der Waals surface area contributed by atoms with Crippen molar-refractivity contribution in [2.24, 2.45) is 0 Å². The predicted octanol–water partition coefficient (Wildman–Crippen LogP) is 4.56. The summed E-state index contributed by atoms with van der Waals surface area (Å²) in [6.45, 7) is 2.63. The highest BCUT2D eigenvalue weighted by atomic mass is 79.9. The van der Waals surface area contributed by atoms with E-state index in [1.165, 1.54) is 22.6 Å². The number of fused-ring (bicyclic) bond motifs is 4. The van der Waals surface area contributed by atoms with Gasteiger partial charge in [-0.05, 0) is 67.8 Å². The second-order valence-electron chi connectivity index (χ2n) is 8.31.